The second-order valence-corrected chi connectivity index (χ2v) is 6.22. The zero-order valence-corrected chi connectivity index (χ0v) is 14.2. The van der Waals surface area contributed by atoms with Crippen molar-refractivity contribution in [1.29, 1.82) is 0 Å². The topological polar surface area (TPSA) is 53.8 Å². The molecule has 23 heavy (non-hydrogen) atoms. The fourth-order valence-electron chi connectivity index (χ4n) is 2.63. The first kappa shape index (κ1) is 15.8. The Kier molecular flexibility index (Phi) is 4.81. The van der Waals surface area contributed by atoms with Crippen molar-refractivity contribution in [2.75, 3.05) is 26.2 Å². The van der Waals surface area contributed by atoms with Crippen LogP contribution in [-0.2, 0) is 11.2 Å². The third-order valence-corrected chi connectivity index (χ3v) is 4.33. The molecule has 0 unspecified atom stereocenters. The number of hydrogen-bond acceptors (Lipinski definition) is 3. The Morgan fingerprint density at radius 2 is 1.61 bits per heavy atom. The third-order valence-electron chi connectivity index (χ3n) is 3.90. The van der Waals surface area contributed by atoms with Crippen molar-refractivity contribution in [3.05, 3.63) is 58.5 Å². The minimum absolute atomic E-state index is 0.101. The van der Waals surface area contributed by atoms with Gasteiger partial charge in [-0.15, -0.1) is 0 Å². The van der Waals surface area contributed by atoms with Crippen LogP contribution in [0.15, 0.2) is 51.6 Å². The summed E-state index contributed by atoms with van der Waals surface area (Å²) in [5.41, 5.74) is 1.01. The molecule has 5 nitrogen and oxygen atoms in total. The molecule has 0 spiro atoms. The number of carbonyl (C=O) groups is 2. The summed E-state index contributed by atoms with van der Waals surface area (Å²) in [5.74, 6) is 0.288. The van der Waals surface area contributed by atoms with Crippen molar-refractivity contribution in [1.82, 2.24) is 9.80 Å². The van der Waals surface area contributed by atoms with Gasteiger partial charge in [-0.1, -0.05) is 30.3 Å². The maximum atomic E-state index is 12.3. The Balaban J connectivity index is 1.54. The van der Waals surface area contributed by atoms with Gasteiger partial charge in [0, 0.05) is 26.2 Å². The number of piperazine rings is 1. The van der Waals surface area contributed by atoms with Gasteiger partial charge in [-0.2, -0.15) is 0 Å². The highest BCUT2D eigenvalue weighted by Crippen LogP contribution is 2.17. The molecule has 0 N–H and O–H groups in total. The lowest BCUT2D eigenvalue weighted by Gasteiger charge is -2.34. The van der Waals surface area contributed by atoms with E-state index in [2.05, 4.69) is 15.9 Å². The van der Waals surface area contributed by atoms with E-state index in [1.54, 1.807) is 17.0 Å². The van der Waals surface area contributed by atoms with Crippen molar-refractivity contribution in [2.45, 2.75) is 6.42 Å². The molecule has 0 radical (unpaired) electrons. The molecule has 2 amide bonds. The molecule has 120 valence electrons. The largest absolute Gasteiger partial charge is 0.444 e. The van der Waals surface area contributed by atoms with Crippen LogP contribution in [0.2, 0.25) is 0 Å². The Morgan fingerprint density at radius 3 is 2.22 bits per heavy atom. The molecule has 0 atom stereocenters. The Labute approximate surface area is 143 Å². The first-order chi connectivity index (χ1) is 11.1. The minimum atomic E-state index is -0.133. The Hall–Kier alpha value is -2.08. The summed E-state index contributed by atoms with van der Waals surface area (Å²) in [4.78, 5) is 28.1. The molecule has 2 aromatic rings. The molecule has 1 aromatic heterocycles. The van der Waals surface area contributed by atoms with Crippen LogP contribution in [0.4, 0.5) is 0 Å². The first-order valence-corrected chi connectivity index (χ1v) is 8.29. The van der Waals surface area contributed by atoms with Crippen molar-refractivity contribution in [3.63, 3.8) is 0 Å². The summed E-state index contributed by atoms with van der Waals surface area (Å²) >= 11 is 3.19. The van der Waals surface area contributed by atoms with E-state index in [0.717, 1.165) is 5.56 Å². The number of furan rings is 1. The average molecular weight is 377 g/mol. The van der Waals surface area contributed by atoms with Crippen LogP contribution in [0.5, 0.6) is 0 Å². The van der Waals surface area contributed by atoms with Gasteiger partial charge in [0.2, 0.25) is 5.91 Å². The van der Waals surface area contributed by atoms with Crippen LogP contribution < -0.4 is 0 Å². The molecule has 1 fully saturated rings. The van der Waals surface area contributed by atoms with Crippen molar-refractivity contribution in [3.8, 4) is 0 Å². The second kappa shape index (κ2) is 7.00. The number of rotatable bonds is 3. The van der Waals surface area contributed by atoms with Gasteiger partial charge in [0.15, 0.2) is 10.4 Å². The number of carbonyl (C=O) groups excluding carboxylic acids is 2. The quantitative estimate of drug-likeness (QED) is 0.826. The molecule has 0 aliphatic carbocycles. The number of amides is 2. The maximum Gasteiger partial charge on any atom is 0.289 e. The van der Waals surface area contributed by atoms with Gasteiger partial charge in [0.25, 0.3) is 5.91 Å². The van der Waals surface area contributed by atoms with E-state index < -0.39 is 0 Å². The third kappa shape index (κ3) is 3.82. The van der Waals surface area contributed by atoms with Crippen LogP contribution in [0.3, 0.4) is 0 Å². The summed E-state index contributed by atoms with van der Waals surface area (Å²) in [6.07, 6.45) is 0.403. The number of hydrogen-bond donors (Lipinski definition) is 0. The highest BCUT2D eigenvalue weighted by Gasteiger charge is 2.26. The van der Waals surface area contributed by atoms with E-state index in [4.69, 9.17) is 4.42 Å². The molecule has 1 aliphatic heterocycles. The van der Waals surface area contributed by atoms with Crippen LogP contribution in [0.25, 0.3) is 0 Å². The van der Waals surface area contributed by atoms with Crippen LogP contribution in [0.1, 0.15) is 16.1 Å². The summed E-state index contributed by atoms with van der Waals surface area (Å²) in [6, 6.07) is 13.1. The standard InChI is InChI=1S/C17H17BrN2O3/c18-15-7-6-14(23-15)17(22)20-10-8-19(9-11-20)16(21)12-13-4-2-1-3-5-13/h1-7H,8-12H2. The van der Waals surface area contributed by atoms with Crippen molar-refractivity contribution in [2.24, 2.45) is 0 Å². The molecular formula is C17H17BrN2O3. The fourth-order valence-corrected chi connectivity index (χ4v) is 2.93. The summed E-state index contributed by atoms with van der Waals surface area (Å²) in [6.45, 7) is 2.16. The monoisotopic (exact) mass is 376 g/mol. The highest BCUT2D eigenvalue weighted by atomic mass is 79.9. The predicted octanol–water partition coefficient (Wildman–Crippen LogP) is 2.57. The molecule has 2 heterocycles. The molecular weight excluding hydrogens is 360 g/mol. The van der Waals surface area contributed by atoms with Gasteiger partial charge in [-0.25, -0.2) is 0 Å². The summed E-state index contributed by atoms with van der Waals surface area (Å²) in [7, 11) is 0. The van der Waals surface area contributed by atoms with Gasteiger partial charge in [0.1, 0.15) is 0 Å². The molecule has 1 aliphatic rings. The lowest BCUT2D eigenvalue weighted by Crippen LogP contribution is -2.50. The first-order valence-electron chi connectivity index (χ1n) is 7.50. The predicted molar refractivity (Wildman–Crippen MR) is 89.0 cm³/mol. The second-order valence-electron chi connectivity index (χ2n) is 5.44. The van der Waals surface area contributed by atoms with Gasteiger partial charge in [0.05, 0.1) is 6.42 Å². The van der Waals surface area contributed by atoms with Gasteiger partial charge >= 0.3 is 0 Å². The average Bonchev–Trinajstić information content (AvgIpc) is 3.02. The zero-order chi connectivity index (χ0) is 16.2. The van der Waals surface area contributed by atoms with Gasteiger partial charge in [-0.3, -0.25) is 9.59 Å². The number of halogens is 1. The van der Waals surface area contributed by atoms with Crippen molar-refractivity contribution >= 4 is 27.7 Å². The van der Waals surface area contributed by atoms with Crippen molar-refractivity contribution < 1.29 is 14.0 Å². The van der Waals surface area contributed by atoms with Crippen LogP contribution in [0, 0.1) is 0 Å². The Bertz CT molecular complexity index is 691. The smallest absolute Gasteiger partial charge is 0.289 e. The summed E-state index contributed by atoms with van der Waals surface area (Å²) in [5, 5.41) is 0. The molecule has 3 rings (SSSR count). The van der Waals surface area contributed by atoms with E-state index in [9.17, 15) is 9.59 Å². The van der Waals surface area contributed by atoms with Crippen LogP contribution >= 0.6 is 15.9 Å². The molecule has 6 heteroatoms. The zero-order valence-electron chi connectivity index (χ0n) is 12.6. The van der Waals surface area contributed by atoms with Crippen LogP contribution in [-0.4, -0.2) is 47.8 Å². The molecule has 0 bridgehead atoms. The van der Waals surface area contributed by atoms with E-state index in [0.29, 0.717) is 43.0 Å². The van der Waals surface area contributed by atoms with Gasteiger partial charge < -0.3 is 14.2 Å². The SMILES string of the molecule is O=C(Cc1ccccc1)N1CCN(C(=O)c2ccc(Br)o2)CC1. The molecule has 1 aromatic carbocycles. The van der Waals surface area contributed by atoms with E-state index >= 15 is 0 Å². The lowest BCUT2D eigenvalue weighted by atomic mass is 10.1. The summed E-state index contributed by atoms with van der Waals surface area (Å²) < 4.78 is 5.84. The maximum absolute atomic E-state index is 12.3. The fraction of sp³-hybridized carbons (Fsp3) is 0.294. The van der Waals surface area contributed by atoms with Gasteiger partial charge in [-0.05, 0) is 33.6 Å². The van der Waals surface area contributed by atoms with E-state index in [1.807, 2.05) is 35.2 Å². The lowest BCUT2D eigenvalue weighted by molar-refractivity contribution is -0.131. The van der Waals surface area contributed by atoms with E-state index in [-0.39, 0.29) is 11.8 Å². The van der Waals surface area contributed by atoms with E-state index in [1.165, 1.54) is 0 Å². The molecule has 1 saturated heterocycles. The Morgan fingerprint density at radius 1 is 0.957 bits per heavy atom. The minimum Gasteiger partial charge on any atom is -0.444 e. The highest BCUT2D eigenvalue weighted by molar-refractivity contribution is 9.10. The number of nitrogens with zero attached hydrogens (tertiary/aromatic N) is 2. The number of benzene rings is 1. The molecule has 0 saturated carbocycles. The normalized spacial score (nSPS) is 14.8.